The SMILES string of the molecule is Cn1cc(C#N)nc1NC(=O)c1cc(C(N)=S)ccn1. The van der Waals surface area contributed by atoms with Gasteiger partial charge in [0, 0.05) is 25.0 Å². The van der Waals surface area contributed by atoms with E-state index in [9.17, 15) is 4.79 Å². The summed E-state index contributed by atoms with van der Waals surface area (Å²) in [5.74, 6) is -0.199. The molecule has 0 aliphatic rings. The van der Waals surface area contributed by atoms with E-state index in [0.717, 1.165) is 0 Å². The second-order valence-corrected chi connectivity index (χ2v) is 4.36. The van der Waals surface area contributed by atoms with Crippen LogP contribution in [0.15, 0.2) is 24.5 Å². The lowest BCUT2D eigenvalue weighted by molar-refractivity contribution is 0.102. The number of aryl methyl sites for hydroxylation is 1. The Morgan fingerprint density at radius 2 is 2.35 bits per heavy atom. The summed E-state index contributed by atoms with van der Waals surface area (Å²) < 4.78 is 1.54. The van der Waals surface area contributed by atoms with Gasteiger partial charge in [-0.05, 0) is 12.1 Å². The average molecular weight is 286 g/mol. The van der Waals surface area contributed by atoms with Gasteiger partial charge in [0.25, 0.3) is 5.91 Å². The van der Waals surface area contributed by atoms with Crippen molar-refractivity contribution >= 4 is 29.1 Å². The Balaban J connectivity index is 2.24. The van der Waals surface area contributed by atoms with Crippen molar-refractivity contribution in [2.45, 2.75) is 0 Å². The number of nitrogens with two attached hydrogens (primary N) is 1. The molecule has 0 saturated carbocycles. The molecule has 0 spiro atoms. The lowest BCUT2D eigenvalue weighted by atomic mass is 10.2. The number of aromatic nitrogens is 3. The van der Waals surface area contributed by atoms with E-state index in [-0.39, 0.29) is 22.3 Å². The first-order valence-electron chi connectivity index (χ1n) is 5.52. The Bertz CT molecular complexity index is 730. The first-order chi connectivity index (χ1) is 9.51. The summed E-state index contributed by atoms with van der Waals surface area (Å²) in [6, 6.07) is 5.00. The number of carbonyl (C=O) groups is 1. The predicted molar refractivity (Wildman–Crippen MR) is 76.0 cm³/mol. The molecular weight excluding hydrogens is 276 g/mol. The third-order valence-electron chi connectivity index (χ3n) is 2.49. The molecular formula is C12H10N6OS. The molecule has 0 unspecified atom stereocenters. The molecule has 0 fully saturated rings. The molecule has 0 aliphatic carbocycles. The van der Waals surface area contributed by atoms with E-state index in [4.69, 9.17) is 23.2 Å². The molecule has 1 amide bonds. The smallest absolute Gasteiger partial charge is 0.276 e. The van der Waals surface area contributed by atoms with E-state index in [2.05, 4.69) is 15.3 Å². The summed E-state index contributed by atoms with van der Waals surface area (Å²) in [5.41, 5.74) is 6.43. The molecule has 20 heavy (non-hydrogen) atoms. The monoisotopic (exact) mass is 286 g/mol. The molecule has 8 heteroatoms. The molecule has 7 nitrogen and oxygen atoms in total. The van der Waals surface area contributed by atoms with Crippen molar-refractivity contribution in [1.29, 1.82) is 5.26 Å². The lowest BCUT2D eigenvalue weighted by Gasteiger charge is -2.05. The van der Waals surface area contributed by atoms with Crippen molar-refractivity contribution in [2.75, 3.05) is 5.32 Å². The highest BCUT2D eigenvalue weighted by Gasteiger charge is 2.13. The molecule has 0 bridgehead atoms. The maximum absolute atomic E-state index is 12.0. The summed E-state index contributed by atoms with van der Waals surface area (Å²) >= 11 is 4.84. The number of anilines is 1. The Morgan fingerprint density at radius 3 is 2.95 bits per heavy atom. The van der Waals surface area contributed by atoms with Crippen molar-refractivity contribution in [3.63, 3.8) is 0 Å². The highest BCUT2D eigenvalue weighted by molar-refractivity contribution is 7.80. The van der Waals surface area contributed by atoms with Gasteiger partial charge in [0.2, 0.25) is 5.95 Å². The Hall–Kier alpha value is -2.79. The minimum absolute atomic E-state index is 0.164. The van der Waals surface area contributed by atoms with Crippen LogP contribution in [0.25, 0.3) is 0 Å². The number of nitrogens with one attached hydrogen (secondary N) is 1. The summed E-state index contributed by atoms with van der Waals surface area (Å²) in [5, 5.41) is 11.3. The van der Waals surface area contributed by atoms with E-state index in [1.54, 1.807) is 13.1 Å². The molecule has 2 aromatic heterocycles. The van der Waals surface area contributed by atoms with E-state index < -0.39 is 5.91 Å². The summed E-state index contributed by atoms with van der Waals surface area (Å²) in [4.78, 5) is 20.1. The molecule has 0 atom stereocenters. The quantitative estimate of drug-likeness (QED) is 0.798. The van der Waals surface area contributed by atoms with E-state index in [1.165, 1.54) is 23.0 Å². The van der Waals surface area contributed by atoms with Crippen LogP contribution in [0.3, 0.4) is 0 Å². The first-order valence-corrected chi connectivity index (χ1v) is 5.92. The highest BCUT2D eigenvalue weighted by atomic mass is 32.1. The van der Waals surface area contributed by atoms with Crippen molar-refractivity contribution in [2.24, 2.45) is 12.8 Å². The zero-order valence-corrected chi connectivity index (χ0v) is 11.3. The van der Waals surface area contributed by atoms with Crippen LogP contribution in [0.1, 0.15) is 21.7 Å². The Kier molecular flexibility index (Phi) is 3.72. The number of nitrogens with zero attached hydrogens (tertiary/aromatic N) is 4. The van der Waals surface area contributed by atoms with Crippen LogP contribution in [0.2, 0.25) is 0 Å². The van der Waals surface area contributed by atoms with Crippen LogP contribution in [-0.2, 0) is 7.05 Å². The van der Waals surface area contributed by atoms with Gasteiger partial charge in [0.05, 0.1) is 0 Å². The van der Waals surface area contributed by atoms with Crippen LogP contribution >= 0.6 is 12.2 Å². The molecule has 0 aliphatic heterocycles. The fourth-order valence-electron chi connectivity index (χ4n) is 1.51. The minimum atomic E-state index is -0.457. The number of nitriles is 1. The van der Waals surface area contributed by atoms with Crippen LogP contribution in [0.4, 0.5) is 5.95 Å². The Morgan fingerprint density at radius 1 is 1.60 bits per heavy atom. The summed E-state index contributed by atoms with van der Waals surface area (Å²) in [6.45, 7) is 0. The molecule has 3 N–H and O–H groups in total. The number of hydrogen-bond donors (Lipinski definition) is 2. The molecule has 0 aromatic carbocycles. The third-order valence-corrected chi connectivity index (χ3v) is 2.73. The fraction of sp³-hybridized carbons (Fsp3) is 0.0833. The van der Waals surface area contributed by atoms with Crippen molar-refractivity contribution in [1.82, 2.24) is 14.5 Å². The summed E-state index contributed by atoms with van der Waals surface area (Å²) in [7, 11) is 1.67. The van der Waals surface area contributed by atoms with Crippen molar-refractivity contribution in [3.05, 3.63) is 41.5 Å². The van der Waals surface area contributed by atoms with E-state index in [1.807, 2.05) is 6.07 Å². The zero-order chi connectivity index (χ0) is 14.7. The van der Waals surface area contributed by atoms with Crippen LogP contribution < -0.4 is 11.1 Å². The standard InChI is InChI=1S/C12H10N6OS/c1-18-6-8(5-13)16-12(18)17-11(19)9-4-7(10(14)20)2-3-15-9/h2-4,6H,1H3,(H2,14,20)(H,16,17,19). The lowest BCUT2D eigenvalue weighted by Crippen LogP contribution is -2.18. The van der Waals surface area contributed by atoms with Crippen LogP contribution in [0.5, 0.6) is 0 Å². The normalized spacial score (nSPS) is 9.80. The molecule has 0 saturated heterocycles. The molecule has 2 heterocycles. The minimum Gasteiger partial charge on any atom is -0.389 e. The van der Waals surface area contributed by atoms with E-state index in [0.29, 0.717) is 5.56 Å². The number of thiocarbonyl (C=S) groups is 1. The first kappa shape index (κ1) is 13.6. The molecule has 0 radical (unpaired) electrons. The van der Waals surface area contributed by atoms with Gasteiger partial charge in [-0.2, -0.15) is 5.26 Å². The fourth-order valence-corrected chi connectivity index (χ4v) is 1.64. The average Bonchev–Trinajstić information content (AvgIpc) is 2.79. The Labute approximate surface area is 120 Å². The summed E-state index contributed by atoms with van der Waals surface area (Å²) in [6.07, 6.45) is 2.96. The van der Waals surface area contributed by atoms with Gasteiger partial charge in [-0.3, -0.25) is 15.1 Å². The van der Waals surface area contributed by atoms with Gasteiger partial charge in [-0.15, -0.1) is 0 Å². The van der Waals surface area contributed by atoms with Gasteiger partial charge in [0.15, 0.2) is 5.69 Å². The molecule has 2 aromatic rings. The van der Waals surface area contributed by atoms with Gasteiger partial charge in [-0.25, -0.2) is 4.98 Å². The van der Waals surface area contributed by atoms with Gasteiger partial charge in [0.1, 0.15) is 16.8 Å². The van der Waals surface area contributed by atoms with Gasteiger partial charge < -0.3 is 10.3 Å². The number of hydrogen-bond acceptors (Lipinski definition) is 5. The predicted octanol–water partition coefficient (Wildman–Crippen LogP) is 0.573. The van der Waals surface area contributed by atoms with Gasteiger partial charge in [-0.1, -0.05) is 12.2 Å². The maximum atomic E-state index is 12.0. The topological polar surface area (TPSA) is 110 Å². The zero-order valence-electron chi connectivity index (χ0n) is 10.5. The molecule has 100 valence electrons. The number of carbonyl (C=O) groups excluding carboxylic acids is 1. The molecule has 2 rings (SSSR count). The van der Waals surface area contributed by atoms with Crippen molar-refractivity contribution in [3.8, 4) is 6.07 Å². The number of amides is 1. The second kappa shape index (κ2) is 5.46. The third kappa shape index (κ3) is 2.78. The highest BCUT2D eigenvalue weighted by Crippen LogP contribution is 2.09. The van der Waals surface area contributed by atoms with Crippen molar-refractivity contribution < 1.29 is 4.79 Å². The largest absolute Gasteiger partial charge is 0.389 e. The van der Waals surface area contributed by atoms with E-state index >= 15 is 0 Å². The number of imidazole rings is 1. The second-order valence-electron chi connectivity index (χ2n) is 3.92. The maximum Gasteiger partial charge on any atom is 0.276 e. The van der Waals surface area contributed by atoms with Crippen LogP contribution in [0, 0.1) is 11.3 Å². The number of pyridine rings is 1. The van der Waals surface area contributed by atoms with Gasteiger partial charge >= 0.3 is 0 Å². The number of rotatable bonds is 3. The van der Waals surface area contributed by atoms with Crippen LogP contribution in [-0.4, -0.2) is 25.4 Å².